The number of ether oxygens (including phenoxy) is 1. The summed E-state index contributed by atoms with van der Waals surface area (Å²) in [6.07, 6.45) is -0.615. The number of aromatic nitrogens is 1. The molecule has 0 aliphatic heterocycles. The second kappa shape index (κ2) is 8.63. The SMILES string of the molecule is CCOC(=O)Nc1cccc(C(=O)NNC(=O)c2ccc3ccccc3n2)c1. The number of hydrogen-bond donors (Lipinski definition) is 3. The van der Waals surface area contributed by atoms with E-state index in [0.717, 1.165) is 5.39 Å². The van der Waals surface area contributed by atoms with Gasteiger partial charge in [0, 0.05) is 16.6 Å². The molecule has 1 heterocycles. The van der Waals surface area contributed by atoms with Crippen LogP contribution in [-0.4, -0.2) is 29.5 Å². The summed E-state index contributed by atoms with van der Waals surface area (Å²) in [5, 5.41) is 3.42. The third-order valence-electron chi connectivity index (χ3n) is 3.77. The van der Waals surface area contributed by atoms with Crippen molar-refractivity contribution >= 4 is 34.5 Å². The maximum atomic E-state index is 12.3. The lowest BCUT2D eigenvalue weighted by Crippen LogP contribution is -2.42. The van der Waals surface area contributed by atoms with E-state index in [-0.39, 0.29) is 17.9 Å². The summed E-state index contributed by atoms with van der Waals surface area (Å²) in [6.45, 7) is 1.93. The quantitative estimate of drug-likeness (QED) is 0.605. The normalized spacial score (nSPS) is 10.2. The lowest BCUT2D eigenvalue weighted by Gasteiger charge is -2.09. The van der Waals surface area contributed by atoms with Gasteiger partial charge < -0.3 is 4.74 Å². The number of carbonyl (C=O) groups excluding carboxylic acids is 3. The second-order valence-electron chi connectivity index (χ2n) is 5.72. The summed E-state index contributed by atoms with van der Waals surface area (Å²) < 4.78 is 4.79. The fraction of sp³-hybridized carbons (Fsp3) is 0.100. The van der Waals surface area contributed by atoms with Gasteiger partial charge in [-0.2, -0.15) is 0 Å². The van der Waals surface area contributed by atoms with Crippen molar-refractivity contribution in [1.82, 2.24) is 15.8 Å². The number of nitrogens with one attached hydrogen (secondary N) is 3. The van der Waals surface area contributed by atoms with E-state index >= 15 is 0 Å². The van der Waals surface area contributed by atoms with Gasteiger partial charge in [0.1, 0.15) is 5.69 Å². The van der Waals surface area contributed by atoms with Crippen LogP contribution >= 0.6 is 0 Å². The van der Waals surface area contributed by atoms with E-state index < -0.39 is 17.9 Å². The van der Waals surface area contributed by atoms with Crippen LogP contribution in [0.5, 0.6) is 0 Å². The van der Waals surface area contributed by atoms with E-state index in [1.165, 1.54) is 6.07 Å². The number of carbonyl (C=O) groups is 3. The van der Waals surface area contributed by atoms with E-state index in [1.807, 2.05) is 18.2 Å². The van der Waals surface area contributed by atoms with Crippen molar-refractivity contribution in [3.8, 4) is 0 Å². The zero-order valence-electron chi connectivity index (χ0n) is 15.1. The van der Waals surface area contributed by atoms with E-state index in [2.05, 4.69) is 21.2 Å². The first kappa shape index (κ1) is 18.8. The molecule has 0 saturated carbocycles. The van der Waals surface area contributed by atoms with Crippen molar-refractivity contribution in [1.29, 1.82) is 0 Å². The molecular formula is C20H18N4O4. The van der Waals surface area contributed by atoms with Crippen LogP contribution in [0.15, 0.2) is 60.7 Å². The Bertz CT molecular complexity index is 1040. The first-order valence-electron chi connectivity index (χ1n) is 8.57. The van der Waals surface area contributed by atoms with Gasteiger partial charge in [-0.05, 0) is 37.3 Å². The highest BCUT2D eigenvalue weighted by atomic mass is 16.5. The van der Waals surface area contributed by atoms with Gasteiger partial charge in [0.15, 0.2) is 0 Å². The number of anilines is 1. The van der Waals surface area contributed by atoms with Crippen LogP contribution in [-0.2, 0) is 4.74 Å². The molecule has 0 atom stereocenters. The molecule has 1 aromatic heterocycles. The van der Waals surface area contributed by atoms with Crippen molar-refractivity contribution in [2.24, 2.45) is 0 Å². The Labute approximate surface area is 160 Å². The monoisotopic (exact) mass is 378 g/mol. The summed E-state index contributed by atoms with van der Waals surface area (Å²) in [4.78, 5) is 40.2. The van der Waals surface area contributed by atoms with Crippen LogP contribution < -0.4 is 16.2 Å². The molecular weight excluding hydrogens is 360 g/mol. The van der Waals surface area contributed by atoms with Gasteiger partial charge in [-0.15, -0.1) is 0 Å². The molecule has 142 valence electrons. The number of benzene rings is 2. The van der Waals surface area contributed by atoms with Crippen LogP contribution in [0, 0.1) is 0 Å². The number of fused-ring (bicyclic) bond motifs is 1. The van der Waals surface area contributed by atoms with Crippen LogP contribution in [0.25, 0.3) is 10.9 Å². The van der Waals surface area contributed by atoms with Crippen molar-refractivity contribution in [3.05, 3.63) is 71.9 Å². The standard InChI is InChI=1S/C20H18N4O4/c1-2-28-20(27)21-15-8-5-7-14(12-15)18(25)23-24-19(26)17-11-10-13-6-3-4-9-16(13)22-17/h3-12H,2H2,1H3,(H,21,27)(H,23,25)(H,24,26). The van der Waals surface area contributed by atoms with Crippen LogP contribution in [0.1, 0.15) is 27.8 Å². The molecule has 0 fully saturated rings. The summed E-state index contributed by atoms with van der Waals surface area (Å²) in [5.74, 6) is -1.08. The Balaban J connectivity index is 1.62. The Morgan fingerprint density at radius 2 is 1.71 bits per heavy atom. The van der Waals surface area contributed by atoms with Crippen molar-refractivity contribution in [2.75, 3.05) is 11.9 Å². The Hall–Kier alpha value is -3.94. The predicted molar refractivity (Wildman–Crippen MR) is 104 cm³/mol. The van der Waals surface area contributed by atoms with Crippen LogP contribution in [0.4, 0.5) is 10.5 Å². The maximum Gasteiger partial charge on any atom is 0.411 e. The minimum absolute atomic E-state index is 0.178. The molecule has 3 aromatic rings. The molecule has 8 nitrogen and oxygen atoms in total. The van der Waals surface area contributed by atoms with Crippen molar-refractivity contribution < 1.29 is 19.1 Å². The molecule has 3 amide bonds. The number of hydrazine groups is 1. The minimum Gasteiger partial charge on any atom is -0.450 e. The molecule has 0 aliphatic rings. The molecule has 0 unspecified atom stereocenters. The zero-order chi connectivity index (χ0) is 19.9. The van der Waals surface area contributed by atoms with Crippen LogP contribution in [0.3, 0.4) is 0 Å². The van der Waals surface area contributed by atoms with E-state index in [1.54, 1.807) is 43.3 Å². The van der Waals surface area contributed by atoms with Gasteiger partial charge in [0.05, 0.1) is 12.1 Å². The minimum atomic E-state index is -0.615. The largest absolute Gasteiger partial charge is 0.450 e. The Kier molecular flexibility index (Phi) is 5.81. The fourth-order valence-electron chi connectivity index (χ4n) is 2.47. The predicted octanol–water partition coefficient (Wildman–Crippen LogP) is 2.88. The van der Waals surface area contributed by atoms with Gasteiger partial charge in [0.2, 0.25) is 0 Å². The number of para-hydroxylation sites is 1. The van der Waals surface area contributed by atoms with Gasteiger partial charge in [-0.3, -0.25) is 25.8 Å². The summed E-state index contributed by atoms with van der Waals surface area (Å²) >= 11 is 0. The smallest absolute Gasteiger partial charge is 0.411 e. The number of nitrogens with zero attached hydrogens (tertiary/aromatic N) is 1. The van der Waals surface area contributed by atoms with Crippen molar-refractivity contribution in [2.45, 2.75) is 6.92 Å². The second-order valence-corrected chi connectivity index (χ2v) is 5.72. The molecule has 0 saturated heterocycles. The fourth-order valence-corrected chi connectivity index (χ4v) is 2.47. The number of pyridine rings is 1. The number of rotatable bonds is 4. The van der Waals surface area contributed by atoms with E-state index in [0.29, 0.717) is 11.2 Å². The van der Waals surface area contributed by atoms with Gasteiger partial charge >= 0.3 is 6.09 Å². The molecule has 0 radical (unpaired) electrons. The molecule has 8 heteroatoms. The molecule has 0 spiro atoms. The maximum absolute atomic E-state index is 12.3. The lowest BCUT2D eigenvalue weighted by molar-refractivity contribution is 0.0844. The summed E-state index contributed by atoms with van der Waals surface area (Å²) in [6, 6.07) is 17.0. The average molecular weight is 378 g/mol. The highest BCUT2D eigenvalue weighted by Gasteiger charge is 2.12. The highest BCUT2D eigenvalue weighted by Crippen LogP contribution is 2.12. The first-order valence-corrected chi connectivity index (χ1v) is 8.57. The van der Waals surface area contributed by atoms with Gasteiger partial charge in [0.25, 0.3) is 11.8 Å². The van der Waals surface area contributed by atoms with E-state index in [9.17, 15) is 14.4 Å². The topological polar surface area (TPSA) is 109 Å². The number of hydrogen-bond acceptors (Lipinski definition) is 5. The third kappa shape index (κ3) is 4.61. The van der Waals surface area contributed by atoms with E-state index in [4.69, 9.17) is 4.74 Å². The highest BCUT2D eigenvalue weighted by molar-refractivity contribution is 6.00. The van der Waals surface area contributed by atoms with Gasteiger partial charge in [-0.1, -0.05) is 30.3 Å². The average Bonchev–Trinajstić information content (AvgIpc) is 2.71. The first-order chi connectivity index (χ1) is 13.6. The summed E-state index contributed by atoms with van der Waals surface area (Å²) in [5.41, 5.74) is 6.16. The molecule has 0 bridgehead atoms. The Morgan fingerprint density at radius 1 is 0.929 bits per heavy atom. The lowest BCUT2D eigenvalue weighted by atomic mass is 10.2. The number of amides is 3. The molecule has 2 aromatic carbocycles. The molecule has 28 heavy (non-hydrogen) atoms. The molecule has 3 rings (SSSR count). The zero-order valence-corrected chi connectivity index (χ0v) is 15.1. The van der Waals surface area contributed by atoms with Crippen LogP contribution in [0.2, 0.25) is 0 Å². The Morgan fingerprint density at radius 3 is 2.54 bits per heavy atom. The van der Waals surface area contributed by atoms with Crippen molar-refractivity contribution in [3.63, 3.8) is 0 Å². The molecule has 3 N–H and O–H groups in total. The third-order valence-corrected chi connectivity index (χ3v) is 3.77. The summed E-state index contributed by atoms with van der Waals surface area (Å²) in [7, 11) is 0. The van der Waals surface area contributed by atoms with Gasteiger partial charge in [-0.25, -0.2) is 9.78 Å². The molecule has 0 aliphatic carbocycles.